The van der Waals surface area contributed by atoms with E-state index in [9.17, 15) is 9.59 Å². The van der Waals surface area contributed by atoms with Crippen LogP contribution in [-0.2, 0) is 4.79 Å². The lowest BCUT2D eigenvalue weighted by atomic mass is 9.99. The molecule has 0 aromatic rings. The van der Waals surface area contributed by atoms with Crippen molar-refractivity contribution < 1.29 is 9.59 Å². The van der Waals surface area contributed by atoms with Crippen LogP contribution in [0, 0.1) is 0 Å². The van der Waals surface area contributed by atoms with Crippen molar-refractivity contribution in [3.8, 4) is 0 Å². The van der Waals surface area contributed by atoms with Gasteiger partial charge in [-0.1, -0.05) is 55.2 Å². The zero-order valence-corrected chi connectivity index (χ0v) is 16.7. The van der Waals surface area contributed by atoms with Crippen LogP contribution in [0.25, 0.3) is 0 Å². The lowest BCUT2D eigenvalue weighted by molar-refractivity contribution is -0.135. The monoisotopic (exact) mass is 369 g/mol. The van der Waals surface area contributed by atoms with Crippen molar-refractivity contribution in [1.82, 2.24) is 14.7 Å². The minimum Gasteiger partial charge on any atom is -0.333 e. The molecule has 2 aliphatic rings. The van der Waals surface area contributed by atoms with E-state index in [0.29, 0.717) is 19.6 Å². The predicted molar refractivity (Wildman–Crippen MR) is 110 cm³/mol. The van der Waals surface area contributed by atoms with E-state index in [2.05, 4.69) is 6.58 Å². The second kappa shape index (κ2) is 9.95. The van der Waals surface area contributed by atoms with Gasteiger partial charge in [-0.25, -0.2) is 4.79 Å². The van der Waals surface area contributed by atoms with E-state index < -0.39 is 0 Å². The number of likely N-dealkylation sites (N-methyl/N-ethyl adjacent to an activating group) is 1. The smallest absolute Gasteiger partial charge is 0.320 e. The van der Waals surface area contributed by atoms with Gasteiger partial charge in [-0.15, -0.1) is 0 Å². The fourth-order valence-electron chi connectivity index (χ4n) is 3.66. The molecular weight excluding hydrogens is 338 g/mol. The molecule has 2 aliphatic heterocycles. The normalized spacial score (nSPS) is 23.2. The first kappa shape index (κ1) is 20.7. The molecule has 3 amide bonds. The van der Waals surface area contributed by atoms with Gasteiger partial charge in [0.05, 0.1) is 6.04 Å². The minimum atomic E-state index is -0.371. The Morgan fingerprint density at radius 3 is 2.70 bits per heavy atom. The first-order chi connectivity index (χ1) is 13.0. The first-order valence-electron chi connectivity index (χ1n) is 9.57. The van der Waals surface area contributed by atoms with E-state index in [0.717, 1.165) is 18.4 Å². The van der Waals surface area contributed by atoms with E-state index in [4.69, 9.17) is 0 Å². The van der Waals surface area contributed by atoms with E-state index in [1.54, 1.807) is 15.9 Å². The van der Waals surface area contributed by atoms with Gasteiger partial charge >= 0.3 is 6.03 Å². The topological polar surface area (TPSA) is 43.9 Å². The summed E-state index contributed by atoms with van der Waals surface area (Å²) in [6.45, 7) is 9.33. The Balaban J connectivity index is 2.20. The molecule has 0 saturated carbocycles. The molecule has 5 nitrogen and oxygen atoms in total. The molecule has 0 aromatic heterocycles. The maximum absolute atomic E-state index is 13.3. The third-order valence-electron chi connectivity index (χ3n) is 5.10. The van der Waals surface area contributed by atoms with Crippen molar-refractivity contribution in [1.29, 1.82) is 0 Å². The van der Waals surface area contributed by atoms with Gasteiger partial charge in [-0.3, -0.25) is 4.79 Å². The molecule has 1 unspecified atom stereocenters. The number of carbonyl (C=O) groups excluding carboxylic acids is 2. The number of piperidine rings is 1. The number of allylic oxidation sites excluding steroid dienone is 6. The summed E-state index contributed by atoms with van der Waals surface area (Å²) in [5, 5.41) is 0. The van der Waals surface area contributed by atoms with Gasteiger partial charge in [0.2, 0.25) is 5.91 Å². The van der Waals surface area contributed by atoms with Gasteiger partial charge in [0.15, 0.2) is 0 Å². The summed E-state index contributed by atoms with van der Waals surface area (Å²) in [6, 6.07) is -0.163. The number of urea groups is 1. The minimum absolute atomic E-state index is 0.0155. The van der Waals surface area contributed by atoms with Crippen LogP contribution in [0.5, 0.6) is 0 Å². The van der Waals surface area contributed by atoms with Crippen molar-refractivity contribution in [2.24, 2.45) is 0 Å². The second-order valence-corrected chi connectivity index (χ2v) is 6.94. The van der Waals surface area contributed by atoms with Gasteiger partial charge in [0.25, 0.3) is 0 Å². The third kappa shape index (κ3) is 5.00. The average Bonchev–Trinajstić information content (AvgIpc) is 2.88. The number of amides is 3. The van der Waals surface area contributed by atoms with Gasteiger partial charge in [-0.2, -0.15) is 0 Å². The number of hydrogen-bond donors (Lipinski definition) is 0. The summed E-state index contributed by atoms with van der Waals surface area (Å²) in [6.07, 6.45) is 17.0. The second-order valence-electron chi connectivity index (χ2n) is 6.94. The molecule has 2 rings (SSSR count). The number of nitrogens with zero attached hydrogens (tertiary/aromatic N) is 3. The van der Waals surface area contributed by atoms with Gasteiger partial charge in [-0.05, 0) is 32.3 Å². The maximum Gasteiger partial charge on any atom is 0.320 e. The average molecular weight is 370 g/mol. The highest BCUT2D eigenvalue weighted by Gasteiger charge is 2.46. The maximum atomic E-state index is 13.3. The standard InChI is InChI=1S/C22H31N3O2/c1-5-8-9-10-15-24(16-18(11-6-2)12-7-3)21(26)20-14-13-19-17-25(20)22(27)23(19)4/h5-12,19-20H,2,13-17H2,1,3-4H3/b8-5-,10-9+,12-7-,18-11+/t19?,20-/m0/s1. The molecular formula is C22H31N3O2. The van der Waals surface area contributed by atoms with Crippen LogP contribution in [0.15, 0.2) is 60.8 Å². The zero-order valence-electron chi connectivity index (χ0n) is 16.7. The van der Waals surface area contributed by atoms with Crippen LogP contribution in [0.1, 0.15) is 26.7 Å². The highest BCUT2D eigenvalue weighted by molar-refractivity contribution is 5.89. The molecule has 2 heterocycles. The first-order valence-corrected chi connectivity index (χ1v) is 9.57. The van der Waals surface area contributed by atoms with Gasteiger partial charge in [0.1, 0.15) is 6.04 Å². The molecule has 5 heteroatoms. The Bertz CT molecular complexity index is 675. The zero-order chi connectivity index (χ0) is 19.8. The number of hydrogen-bond acceptors (Lipinski definition) is 2. The van der Waals surface area contributed by atoms with Crippen LogP contribution in [0.4, 0.5) is 4.79 Å². The Hall–Kier alpha value is -2.56. The molecule has 2 fully saturated rings. The Morgan fingerprint density at radius 1 is 1.26 bits per heavy atom. The molecule has 0 radical (unpaired) electrons. The largest absolute Gasteiger partial charge is 0.333 e. The summed E-state index contributed by atoms with van der Waals surface area (Å²) in [5.74, 6) is 0.0155. The van der Waals surface area contributed by atoms with Crippen LogP contribution in [0.3, 0.4) is 0 Å². The molecule has 146 valence electrons. The number of carbonyl (C=O) groups is 2. The molecule has 27 heavy (non-hydrogen) atoms. The lowest BCUT2D eigenvalue weighted by Gasteiger charge is -2.34. The Morgan fingerprint density at radius 2 is 2.04 bits per heavy atom. The van der Waals surface area contributed by atoms with Gasteiger partial charge in [0, 0.05) is 26.7 Å². The number of rotatable bonds is 8. The van der Waals surface area contributed by atoms with Crippen LogP contribution in [-0.4, -0.2) is 65.4 Å². The number of fused-ring (bicyclic) bond motifs is 2. The highest BCUT2D eigenvalue weighted by atomic mass is 16.2. The summed E-state index contributed by atoms with van der Waals surface area (Å²) < 4.78 is 0. The Kier molecular flexibility index (Phi) is 7.65. The molecule has 0 spiro atoms. The molecule has 2 bridgehead atoms. The van der Waals surface area contributed by atoms with Crippen LogP contribution < -0.4 is 0 Å². The molecule has 0 aromatic carbocycles. The van der Waals surface area contributed by atoms with Crippen molar-refractivity contribution in [3.63, 3.8) is 0 Å². The van der Waals surface area contributed by atoms with E-state index in [1.807, 2.05) is 68.3 Å². The highest BCUT2D eigenvalue weighted by Crippen LogP contribution is 2.29. The fraction of sp³-hybridized carbons (Fsp3) is 0.455. The van der Waals surface area contributed by atoms with Crippen molar-refractivity contribution >= 4 is 11.9 Å². The van der Waals surface area contributed by atoms with Crippen molar-refractivity contribution in [2.75, 3.05) is 26.7 Å². The van der Waals surface area contributed by atoms with Crippen molar-refractivity contribution in [2.45, 2.75) is 38.8 Å². The van der Waals surface area contributed by atoms with E-state index >= 15 is 0 Å². The van der Waals surface area contributed by atoms with Crippen LogP contribution in [0.2, 0.25) is 0 Å². The summed E-state index contributed by atoms with van der Waals surface area (Å²) in [7, 11) is 1.83. The molecule has 0 N–H and O–H groups in total. The van der Waals surface area contributed by atoms with E-state index in [1.165, 1.54) is 0 Å². The predicted octanol–water partition coefficient (Wildman–Crippen LogP) is 3.53. The third-order valence-corrected chi connectivity index (χ3v) is 5.10. The lowest BCUT2D eigenvalue weighted by Crippen LogP contribution is -2.51. The van der Waals surface area contributed by atoms with Gasteiger partial charge < -0.3 is 14.7 Å². The molecule has 2 saturated heterocycles. The quantitative estimate of drug-likeness (QED) is 0.614. The molecule has 2 atom stereocenters. The fourth-order valence-corrected chi connectivity index (χ4v) is 3.66. The Labute approximate surface area is 163 Å². The summed E-state index contributed by atoms with van der Waals surface area (Å²) in [5.41, 5.74) is 1.01. The van der Waals surface area contributed by atoms with Crippen molar-refractivity contribution in [3.05, 3.63) is 60.8 Å². The summed E-state index contributed by atoms with van der Waals surface area (Å²) in [4.78, 5) is 31.1. The van der Waals surface area contributed by atoms with Crippen LogP contribution >= 0.6 is 0 Å². The summed E-state index contributed by atoms with van der Waals surface area (Å²) >= 11 is 0. The molecule has 0 aliphatic carbocycles. The SMILES string of the molecule is C=C/C=C(\C=C/C)CN(C/C=C/C=C\C)C(=O)[C@@H]1CCC2CN1C(=O)N2C. The van der Waals surface area contributed by atoms with E-state index in [-0.39, 0.29) is 24.0 Å².